The van der Waals surface area contributed by atoms with Gasteiger partial charge in [-0.2, -0.15) is 0 Å². The predicted octanol–water partition coefficient (Wildman–Crippen LogP) is 2.00. The van der Waals surface area contributed by atoms with Crippen LogP contribution in [0.5, 0.6) is 0 Å². The molecule has 1 N–H and O–H groups in total. The number of carbonyl (C=O) groups is 1. The normalized spacial score (nSPS) is 18.0. The standard InChI is InChI=1S/C15H26N4O2/c1-10(16-11(2)14(20)21-15(3,4)5)13-18-17-12-8-6-7-9-19(12)13/h10-11,16H,6-9H2,1-5H3/t10-,11+/m1/s1. The Morgan fingerprint density at radius 3 is 2.67 bits per heavy atom. The number of ether oxygens (including phenoxy) is 1. The van der Waals surface area contributed by atoms with Gasteiger partial charge in [-0.25, -0.2) is 0 Å². The highest BCUT2D eigenvalue weighted by atomic mass is 16.6. The van der Waals surface area contributed by atoms with Crippen molar-refractivity contribution in [2.45, 2.75) is 78.1 Å². The third kappa shape index (κ3) is 4.03. The molecule has 2 atom stereocenters. The largest absolute Gasteiger partial charge is 0.459 e. The Balaban J connectivity index is 1.99. The van der Waals surface area contributed by atoms with Crippen molar-refractivity contribution >= 4 is 5.97 Å². The monoisotopic (exact) mass is 294 g/mol. The molecule has 0 aliphatic carbocycles. The van der Waals surface area contributed by atoms with Crippen molar-refractivity contribution in [1.29, 1.82) is 0 Å². The molecule has 0 amide bonds. The van der Waals surface area contributed by atoms with Crippen LogP contribution < -0.4 is 5.32 Å². The number of aryl methyl sites for hydroxylation is 1. The van der Waals surface area contributed by atoms with Crippen molar-refractivity contribution in [2.75, 3.05) is 0 Å². The van der Waals surface area contributed by atoms with E-state index in [4.69, 9.17) is 4.74 Å². The van der Waals surface area contributed by atoms with Gasteiger partial charge < -0.3 is 9.30 Å². The average Bonchev–Trinajstić information content (AvgIpc) is 2.80. The van der Waals surface area contributed by atoms with Crippen molar-refractivity contribution in [3.05, 3.63) is 11.6 Å². The number of hydrogen-bond donors (Lipinski definition) is 1. The maximum atomic E-state index is 12.0. The Kier molecular flexibility index (Phi) is 4.66. The summed E-state index contributed by atoms with van der Waals surface area (Å²) < 4.78 is 7.56. The zero-order chi connectivity index (χ0) is 15.6. The van der Waals surface area contributed by atoms with E-state index >= 15 is 0 Å². The van der Waals surface area contributed by atoms with Gasteiger partial charge in [0.1, 0.15) is 23.3 Å². The quantitative estimate of drug-likeness (QED) is 0.860. The van der Waals surface area contributed by atoms with E-state index in [1.54, 1.807) is 0 Å². The van der Waals surface area contributed by atoms with Crippen LogP contribution in [0.3, 0.4) is 0 Å². The molecule has 0 saturated carbocycles. The highest BCUT2D eigenvalue weighted by Gasteiger charge is 2.26. The van der Waals surface area contributed by atoms with Gasteiger partial charge in [0.05, 0.1) is 6.04 Å². The lowest BCUT2D eigenvalue weighted by Crippen LogP contribution is -2.41. The lowest BCUT2D eigenvalue weighted by molar-refractivity contribution is -0.157. The van der Waals surface area contributed by atoms with Crippen LogP contribution in [0.4, 0.5) is 0 Å². The molecule has 21 heavy (non-hydrogen) atoms. The average molecular weight is 294 g/mol. The van der Waals surface area contributed by atoms with Crippen LogP contribution >= 0.6 is 0 Å². The van der Waals surface area contributed by atoms with Crippen LogP contribution in [0.1, 0.15) is 65.2 Å². The Bertz CT molecular complexity index is 504. The van der Waals surface area contributed by atoms with E-state index in [-0.39, 0.29) is 18.1 Å². The molecular formula is C15H26N4O2. The van der Waals surface area contributed by atoms with Crippen LogP contribution in [0.15, 0.2) is 0 Å². The van der Waals surface area contributed by atoms with E-state index in [2.05, 4.69) is 20.1 Å². The molecule has 6 heteroatoms. The Morgan fingerprint density at radius 1 is 1.29 bits per heavy atom. The summed E-state index contributed by atoms with van der Waals surface area (Å²) in [5, 5.41) is 11.8. The van der Waals surface area contributed by atoms with Gasteiger partial charge in [0.25, 0.3) is 0 Å². The van der Waals surface area contributed by atoms with E-state index in [1.165, 1.54) is 6.42 Å². The maximum Gasteiger partial charge on any atom is 0.323 e. The van der Waals surface area contributed by atoms with Crippen LogP contribution in [0.2, 0.25) is 0 Å². The van der Waals surface area contributed by atoms with Crippen LogP contribution in [0, 0.1) is 0 Å². The lowest BCUT2D eigenvalue weighted by atomic mass is 10.1. The topological polar surface area (TPSA) is 69.0 Å². The van der Waals surface area contributed by atoms with Gasteiger partial charge >= 0.3 is 5.97 Å². The number of fused-ring (bicyclic) bond motifs is 1. The summed E-state index contributed by atoms with van der Waals surface area (Å²) >= 11 is 0. The van der Waals surface area contributed by atoms with Crippen molar-refractivity contribution in [3.63, 3.8) is 0 Å². The molecule has 1 aliphatic rings. The first-order chi connectivity index (χ1) is 9.78. The Morgan fingerprint density at radius 2 is 2.00 bits per heavy atom. The van der Waals surface area contributed by atoms with Gasteiger partial charge in [0, 0.05) is 13.0 Å². The number of hydrogen-bond acceptors (Lipinski definition) is 5. The van der Waals surface area contributed by atoms with Crippen molar-refractivity contribution < 1.29 is 9.53 Å². The minimum Gasteiger partial charge on any atom is -0.459 e. The fraction of sp³-hybridized carbons (Fsp3) is 0.800. The summed E-state index contributed by atoms with van der Waals surface area (Å²) in [6.07, 6.45) is 3.32. The van der Waals surface area contributed by atoms with Crippen molar-refractivity contribution in [1.82, 2.24) is 20.1 Å². The minimum absolute atomic E-state index is 0.0353. The molecule has 0 spiro atoms. The number of rotatable bonds is 4. The molecule has 0 saturated heterocycles. The molecule has 118 valence electrons. The molecule has 2 rings (SSSR count). The molecule has 1 aromatic heterocycles. The molecule has 6 nitrogen and oxygen atoms in total. The third-order valence-corrected chi connectivity index (χ3v) is 3.54. The molecule has 0 aromatic carbocycles. The fourth-order valence-corrected chi connectivity index (χ4v) is 2.56. The van der Waals surface area contributed by atoms with E-state index in [0.29, 0.717) is 0 Å². The molecule has 0 radical (unpaired) electrons. The van der Waals surface area contributed by atoms with Gasteiger partial charge in [-0.05, 0) is 47.5 Å². The summed E-state index contributed by atoms with van der Waals surface area (Å²) in [6.45, 7) is 10.4. The van der Waals surface area contributed by atoms with Gasteiger partial charge in [0.15, 0.2) is 0 Å². The van der Waals surface area contributed by atoms with E-state index in [1.807, 2.05) is 34.6 Å². The fourth-order valence-electron chi connectivity index (χ4n) is 2.56. The number of nitrogens with one attached hydrogen (secondary N) is 1. The summed E-state index contributed by atoms with van der Waals surface area (Å²) in [4.78, 5) is 12.0. The summed E-state index contributed by atoms with van der Waals surface area (Å²) in [5.74, 6) is 1.71. The molecular weight excluding hydrogens is 268 g/mol. The zero-order valence-corrected chi connectivity index (χ0v) is 13.6. The molecule has 1 aliphatic heterocycles. The van der Waals surface area contributed by atoms with E-state index < -0.39 is 5.60 Å². The summed E-state index contributed by atoms with van der Waals surface area (Å²) in [6, 6.07) is -0.414. The predicted molar refractivity (Wildman–Crippen MR) is 79.8 cm³/mol. The molecule has 0 unspecified atom stereocenters. The number of esters is 1. The van der Waals surface area contributed by atoms with Gasteiger partial charge in [-0.1, -0.05) is 0 Å². The number of nitrogens with zero attached hydrogens (tertiary/aromatic N) is 3. The SMILES string of the molecule is C[C@H](N[C@H](C)c1nnc2n1CCCC2)C(=O)OC(C)(C)C. The Hall–Kier alpha value is -1.43. The third-order valence-electron chi connectivity index (χ3n) is 3.54. The van der Waals surface area contributed by atoms with Crippen LogP contribution in [-0.4, -0.2) is 32.4 Å². The summed E-state index contributed by atoms with van der Waals surface area (Å²) in [5.41, 5.74) is -0.468. The Labute approximate surface area is 126 Å². The zero-order valence-electron chi connectivity index (χ0n) is 13.6. The smallest absolute Gasteiger partial charge is 0.323 e. The second-order valence-electron chi connectivity index (χ2n) is 6.73. The molecule has 0 fully saturated rings. The maximum absolute atomic E-state index is 12.0. The van der Waals surface area contributed by atoms with E-state index in [0.717, 1.165) is 31.0 Å². The molecule has 2 heterocycles. The summed E-state index contributed by atoms with van der Waals surface area (Å²) in [7, 11) is 0. The highest BCUT2D eigenvalue weighted by molar-refractivity contribution is 5.75. The minimum atomic E-state index is -0.468. The lowest BCUT2D eigenvalue weighted by Gasteiger charge is -2.25. The first-order valence-corrected chi connectivity index (χ1v) is 7.69. The van der Waals surface area contributed by atoms with Crippen molar-refractivity contribution in [2.24, 2.45) is 0 Å². The van der Waals surface area contributed by atoms with Crippen molar-refractivity contribution in [3.8, 4) is 0 Å². The molecule has 1 aromatic rings. The number of aromatic nitrogens is 3. The molecule has 0 bridgehead atoms. The second kappa shape index (κ2) is 6.13. The van der Waals surface area contributed by atoms with Gasteiger partial charge in [0.2, 0.25) is 0 Å². The van der Waals surface area contributed by atoms with E-state index in [9.17, 15) is 4.79 Å². The number of carbonyl (C=O) groups excluding carboxylic acids is 1. The second-order valence-corrected chi connectivity index (χ2v) is 6.73. The van der Waals surface area contributed by atoms with Crippen LogP contribution in [0.25, 0.3) is 0 Å². The van der Waals surface area contributed by atoms with Gasteiger partial charge in [-0.3, -0.25) is 10.1 Å². The highest BCUT2D eigenvalue weighted by Crippen LogP contribution is 2.19. The first kappa shape index (κ1) is 15.9. The van der Waals surface area contributed by atoms with Gasteiger partial charge in [-0.15, -0.1) is 10.2 Å². The first-order valence-electron chi connectivity index (χ1n) is 7.69. The van der Waals surface area contributed by atoms with Crippen LogP contribution in [-0.2, 0) is 22.5 Å².